The molecule has 1 atom stereocenters. The van der Waals surface area contributed by atoms with Crippen LogP contribution in [0.3, 0.4) is 0 Å². The van der Waals surface area contributed by atoms with Crippen molar-refractivity contribution in [2.24, 2.45) is 0 Å². The van der Waals surface area contributed by atoms with Gasteiger partial charge >= 0.3 is 0 Å². The molecule has 0 bridgehead atoms. The number of hydrogen-bond donors (Lipinski definition) is 2. The second-order valence-corrected chi connectivity index (χ2v) is 5.03. The van der Waals surface area contributed by atoms with Crippen LogP contribution in [-0.2, 0) is 9.53 Å². The fraction of sp³-hybridized carbons (Fsp3) is 0.533. The molecule has 0 aromatic heterocycles. The van der Waals surface area contributed by atoms with Crippen molar-refractivity contribution >= 4 is 17.3 Å². The van der Waals surface area contributed by atoms with Crippen LogP contribution in [0.1, 0.15) is 13.8 Å². The van der Waals surface area contributed by atoms with Crippen LogP contribution in [0, 0.1) is 0 Å². The lowest BCUT2D eigenvalue weighted by Crippen LogP contribution is -2.45. The summed E-state index contributed by atoms with van der Waals surface area (Å²) in [5, 5.41) is 6.15. The second kappa shape index (κ2) is 7.26. The first-order chi connectivity index (χ1) is 9.67. The van der Waals surface area contributed by atoms with E-state index in [0.29, 0.717) is 0 Å². The Labute approximate surface area is 120 Å². The quantitative estimate of drug-likeness (QED) is 0.861. The molecule has 1 fully saturated rings. The number of ether oxygens (including phenoxy) is 1. The Morgan fingerprint density at radius 1 is 1.45 bits per heavy atom. The smallest absolute Gasteiger partial charge is 0.221 e. The number of amides is 1. The summed E-state index contributed by atoms with van der Waals surface area (Å²) in [4.78, 5) is 13.4. The van der Waals surface area contributed by atoms with Gasteiger partial charge in [-0.1, -0.05) is 13.0 Å². The average molecular weight is 277 g/mol. The van der Waals surface area contributed by atoms with Crippen LogP contribution in [-0.4, -0.2) is 49.7 Å². The van der Waals surface area contributed by atoms with Gasteiger partial charge in [-0.2, -0.15) is 0 Å². The van der Waals surface area contributed by atoms with E-state index in [-0.39, 0.29) is 12.0 Å². The molecule has 1 saturated heterocycles. The van der Waals surface area contributed by atoms with Gasteiger partial charge < -0.3 is 15.4 Å². The third-order valence-electron chi connectivity index (χ3n) is 3.39. The molecule has 0 saturated carbocycles. The lowest BCUT2D eigenvalue weighted by atomic mass is 10.2. The van der Waals surface area contributed by atoms with Crippen molar-refractivity contribution in [1.29, 1.82) is 0 Å². The Morgan fingerprint density at radius 3 is 3.00 bits per heavy atom. The molecule has 110 valence electrons. The Kier molecular flexibility index (Phi) is 5.38. The van der Waals surface area contributed by atoms with Crippen molar-refractivity contribution in [3.63, 3.8) is 0 Å². The second-order valence-electron chi connectivity index (χ2n) is 5.03. The number of carbonyl (C=O) groups is 1. The highest BCUT2D eigenvalue weighted by Gasteiger charge is 2.18. The monoisotopic (exact) mass is 277 g/mol. The van der Waals surface area contributed by atoms with Gasteiger partial charge in [0.15, 0.2) is 0 Å². The molecule has 0 radical (unpaired) electrons. The van der Waals surface area contributed by atoms with Gasteiger partial charge in [-0.3, -0.25) is 9.69 Å². The fourth-order valence-electron chi connectivity index (χ4n) is 2.33. The maximum absolute atomic E-state index is 11.0. The molecule has 1 amide bonds. The topological polar surface area (TPSA) is 53.6 Å². The maximum Gasteiger partial charge on any atom is 0.221 e. The molecule has 5 nitrogen and oxygen atoms in total. The Bertz CT molecular complexity index is 450. The standard InChI is InChI=1S/C15H23N3O2/c1-3-18-7-8-20-15(11-18)10-16-13-5-4-6-14(9-13)17-12(2)19/h4-6,9,15-16H,3,7-8,10-11H2,1-2H3,(H,17,19). The van der Waals surface area contributed by atoms with Gasteiger partial charge in [0.25, 0.3) is 0 Å². The molecule has 1 unspecified atom stereocenters. The van der Waals surface area contributed by atoms with E-state index in [1.165, 1.54) is 6.92 Å². The molecule has 20 heavy (non-hydrogen) atoms. The highest BCUT2D eigenvalue weighted by molar-refractivity contribution is 5.89. The molecule has 1 aromatic rings. The van der Waals surface area contributed by atoms with Gasteiger partial charge in [-0.15, -0.1) is 0 Å². The SMILES string of the molecule is CCN1CCOC(CNc2cccc(NC(C)=O)c2)C1. The predicted octanol–water partition coefficient (Wildman–Crippen LogP) is 1.78. The summed E-state index contributed by atoms with van der Waals surface area (Å²) in [6.07, 6.45) is 0.216. The summed E-state index contributed by atoms with van der Waals surface area (Å²) in [7, 11) is 0. The van der Waals surface area contributed by atoms with Crippen LogP contribution in [0.5, 0.6) is 0 Å². The first-order valence-corrected chi connectivity index (χ1v) is 7.13. The van der Waals surface area contributed by atoms with Crippen LogP contribution in [0.2, 0.25) is 0 Å². The maximum atomic E-state index is 11.0. The summed E-state index contributed by atoms with van der Waals surface area (Å²) >= 11 is 0. The molecule has 1 aliphatic rings. The van der Waals surface area contributed by atoms with Crippen LogP contribution < -0.4 is 10.6 Å². The van der Waals surface area contributed by atoms with Crippen molar-refractivity contribution in [2.75, 3.05) is 43.4 Å². The summed E-state index contributed by atoms with van der Waals surface area (Å²) in [6.45, 7) is 8.31. The predicted molar refractivity (Wildman–Crippen MR) is 81.1 cm³/mol. The normalized spacial score (nSPS) is 19.6. The van der Waals surface area contributed by atoms with Gasteiger partial charge in [0.2, 0.25) is 5.91 Å². The summed E-state index contributed by atoms with van der Waals surface area (Å²) in [5.74, 6) is -0.0589. The molecular formula is C15H23N3O2. The van der Waals surface area contributed by atoms with E-state index in [0.717, 1.165) is 44.2 Å². The zero-order valence-corrected chi connectivity index (χ0v) is 12.2. The van der Waals surface area contributed by atoms with Crippen molar-refractivity contribution in [3.8, 4) is 0 Å². The molecule has 1 aromatic carbocycles. The highest BCUT2D eigenvalue weighted by Crippen LogP contribution is 2.15. The average Bonchev–Trinajstić information content (AvgIpc) is 2.45. The van der Waals surface area contributed by atoms with Gasteiger partial charge in [0, 0.05) is 37.9 Å². The minimum absolute atomic E-state index is 0.0589. The largest absolute Gasteiger partial charge is 0.382 e. The van der Waals surface area contributed by atoms with E-state index in [1.807, 2.05) is 24.3 Å². The molecule has 2 N–H and O–H groups in total. The number of nitrogens with one attached hydrogen (secondary N) is 2. The molecule has 2 rings (SSSR count). The summed E-state index contributed by atoms with van der Waals surface area (Å²) in [5.41, 5.74) is 1.80. The molecule has 0 spiro atoms. The summed E-state index contributed by atoms with van der Waals surface area (Å²) < 4.78 is 5.75. The van der Waals surface area contributed by atoms with E-state index < -0.39 is 0 Å². The van der Waals surface area contributed by atoms with Gasteiger partial charge in [-0.25, -0.2) is 0 Å². The number of hydrogen-bond acceptors (Lipinski definition) is 4. The van der Waals surface area contributed by atoms with Crippen molar-refractivity contribution in [2.45, 2.75) is 20.0 Å². The molecule has 1 aliphatic heterocycles. The van der Waals surface area contributed by atoms with Gasteiger partial charge in [-0.05, 0) is 24.7 Å². The zero-order valence-electron chi connectivity index (χ0n) is 12.2. The Balaban J connectivity index is 1.85. The van der Waals surface area contributed by atoms with Crippen LogP contribution in [0.4, 0.5) is 11.4 Å². The molecular weight excluding hydrogens is 254 g/mol. The number of nitrogens with zero attached hydrogens (tertiary/aromatic N) is 1. The first-order valence-electron chi connectivity index (χ1n) is 7.13. The summed E-state index contributed by atoms with van der Waals surface area (Å²) in [6, 6.07) is 7.73. The van der Waals surface area contributed by atoms with Crippen molar-refractivity contribution < 1.29 is 9.53 Å². The van der Waals surface area contributed by atoms with E-state index in [9.17, 15) is 4.79 Å². The Hall–Kier alpha value is -1.59. The third-order valence-corrected chi connectivity index (χ3v) is 3.39. The van der Waals surface area contributed by atoms with Gasteiger partial charge in [0.05, 0.1) is 12.7 Å². The number of likely N-dealkylation sites (N-methyl/N-ethyl adjacent to an activating group) is 1. The Morgan fingerprint density at radius 2 is 2.25 bits per heavy atom. The lowest BCUT2D eigenvalue weighted by Gasteiger charge is -2.32. The van der Waals surface area contributed by atoms with Crippen LogP contribution in [0.25, 0.3) is 0 Å². The van der Waals surface area contributed by atoms with E-state index >= 15 is 0 Å². The van der Waals surface area contributed by atoms with Crippen molar-refractivity contribution in [1.82, 2.24) is 4.90 Å². The van der Waals surface area contributed by atoms with E-state index in [2.05, 4.69) is 22.5 Å². The number of carbonyl (C=O) groups excluding carboxylic acids is 1. The number of rotatable bonds is 5. The first kappa shape index (κ1) is 14.8. The number of morpholine rings is 1. The number of anilines is 2. The lowest BCUT2D eigenvalue weighted by molar-refractivity contribution is -0.114. The number of benzene rings is 1. The van der Waals surface area contributed by atoms with Crippen LogP contribution >= 0.6 is 0 Å². The minimum atomic E-state index is -0.0589. The third kappa shape index (κ3) is 4.51. The molecule has 5 heteroatoms. The minimum Gasteiger partial charge on any atom is -0.382 e. The van der Waals surface area contributed by atoms with E-state index in [1.54, 1.807) is 0 Å². The fourth-order valence-corrected chi connectivity index (χ4v) is 2.33. The molecule has 1 heterocycles. The highest BCUT2D eigenvalue weighted by atomic mass is 16.5. The zero-order chi connectivity index (χ0) is 14.4. The van der Waals surface area contributed by atoms with E-state index in [4.69, 9.17) is 4.74 Å². The van der Waals surface area contributed by atoms with Crippen LogP contribution in [0.15, 0.2) is 24.3 Å². The van der Waals surface area contributed by atoms with Gasteiger partial charge in [0.1, 0.15) is 0 Å². The molecule has 0 aliphatic carbocycles. The van der Waals surface area contributed by atoms with Crippen molar-refractivity contribution in [3.05, 3.63) is 24.3 Å².